The molecule has 0 aliphatic heterocycles. The Hall–Kier alpha value is -1.13. The summed E-state index contributed by atoms with van der Waals surface area (Å²) in [6, 6.07) is 4.00. The Bertz CT molecular complexity index is 343. The molecule has 0 radical (unpaired) electrons. The van der Waals surface area contributed by atoms with Crippen molar-refractivity contribution in [3.63, 3.8) is 0 Å². The minimum atomic E-state index is 0.716. The van der Waals surface area contributed by atoms with Crippen LogP contribution in [-0.4, -0.2) is 23.5 Å². The third kappa shape index (κ3) is 3.96. The zero-order valence-electron chi connectivity index (χ0n) is 11.2. The molecule has 0 saturated heterocycles. The lowest BCUT2D eigenvalue weighted by molar-refractivity contribution is 0.228. The summed E-state index contributed by atoms with van der Waals surface area (Å²) < 4.78 is 0. The summed E-state index contributed by atoms with van der Waals surface area (Å²) in [4.78, 5) is 6.64. The van der Waals surface area contributed by atoms with Gasteiger partial charge in [0.2, 0.25) is 0 Å². The maximum Gasteiger partial charge on any atom is 0.139 e. The average Bonchev–Trinajstić information content (AvgIpc) is 2.40. The minimum absolute atomic E-state index is 0.716. The number of hydrogen-bond acceptors (Lipinski definition) is 4. The highest BCUT2D eigenvalue weighted by Crippen LogP contribution is 2.24. The summed E-state index contributed by atoms with van der Waals surface area (Å²) in [5.41, 5.74) is 3.79. The number of hydrazine groups is 1. The van der Waals surface area contributed by atoms with Crippen molar-refractivity contribution in [1.29, 1.82) is 0 Å². The van der Waals surface area contributed by atoms with Gasteiger partial charge in [-0.3, -0.25) is 0 Å². The molecule has 0 atom stereocenters. The van der Waals surface area contributed by atoms with E-state index in [9.17, 15) is 0 Å². The van der Waals surface area contributed by atoms with Crippen molar-refractivity contribution in [2.75, 3.05) is 19.0 Å². The zero-order valence-corrected chi connectivity index (χ0v) is 11.2. The number of rotatable bonds is 5. The van der Waals surface area contributed by atoms with Crippen LogP contribution < -0.4 is 11.3 Å². The van der Waals surface area contributed by atoms with Gasteiger partial charge in [0.1, 0.15) is 5.82 Å². The molecule has 1 aromatic rings. The lowest BCUT2D eigenvalue weighted by Gasteiger charge is -2.26. The highest BCUT2D eigenvalue weighted by molar-refractivity contribution is 5.33. The standard InChI is InChI=1S/C14H24N4/c1-18(10-12-5-3-2-4-6-12)11-13-7-8-14(17-15)16-9-13/h7-9,12H,2-6,10-11,15H2,1H3,(H,16,17). The lowest BCUT2D eigenvalue weighted by Crippen LogP contribution is -2.26. The van der Waals surface area contributed by atoms with E-state index in [1.165, 1.54) is 44.2 Å². The fraction of sp³-hybridized carbons (Fsp3) is 0.643. The van der Waals surface area contributed by atoms with Crippen molar-refractivity contribution in [2.24, 2.45) is 11.8 Å². The number of anilines is 1. The lowest BCUT2D eigenvalue weighted by atomic mass is 9.89. The Morgan fingerprint density at radius 1 is 1.33 bits per heavy atom. The van der Waals surface area contributed by atoms with Gasteiger partial charge in [-0.25, -0.2) is 10.8 Å². The molecular weight excluding hydrogens is 224 g/mol. The minimum Gasteiger partial charge on any atom is -0.308 e. The summed E-state index contributed by atoms with van der Waals surface area (Å²) in [5.74, 6) is 6.91. The summed E-state index contributed by atoms with van der Waals surface area (Å²) in [6.45, 7) is 2.17. The molecule has 100 valence electrons. The van der Waals surface area contributed by atoms with Gasteiger partial charge in [0.05, 0.1) is 0 Å². The summed E-state index contributed by atoms with van der Waals surface area (Å²) in [5, 5.41) is 0. The molecule has 0 aromatic carbocycles. The summed E-state index contributed by atoms with van der Waals surface area (Å²) in [7, 11) is 2.20. The molecule has 1 aliphatic carbocycles. The van der Waals surface area contributed by atoms with E-state index in [0.29, 0.717) is 5.82 Å². The average molecular weight is 248 g/mol. The molecule has 0 amide bonds. The van der Waals surface area contributed by atoms with Crippen molar-refractivity contribution in [3.8, 4) is 0 Å². The van der Waals surface area contributed by atoms with Crippen LogP contribution in [0.4, 0.5) is 5.82 Å². The van der Waals surface area contributed by atoms with Crippen molar-refractivity contribution in [3.05, 3.63) is 23.9 Å². The Morgan fingerprint density at radius 2 is 2.11 bits per heavy atom. The number of hydrogen-bond donors (Lipinski definition) is 2. The van der Waals surface area contributed by atoms with Gasteiger partial charge in [0, 0.05) is 19.3 Å². The quantitative estimate of drug-likeness (QED) is 0.620. The molecule has 1 aromatic heterocycles. The van der Waals surface area contributed by atoms with Gasteiger partial charge in [0.15, 0.2) is 0 Å². The van der Waals surface area contributed by atoms with Crippen LogP contribution >= 0.6 is 0 Å². The van der Waals surface area contributed by atoms with Crippen LogP contribution in [0.15, 0.2) is 18.3 Å². The number of nitrogen functional groups attached to an aromatic ring is 1. The van der Waals surface area contributed by atoms with Crippen molar-refractivity contribution in [1.82, 2.24) is 9.88 Å². The molecule has 18 heavy (non-hydrogen) atoms. The molecule has 4 nitrogen and oxygen atoms in total. The van der Waals surface area contributed by atoms with Gasteiger partial charge in [0.25, 0.3) is 0 Å². The van der Waals surface area contributed by atoms with E-state index in [1.54, 1.807) is 0 Å². The van der Waals surface area contributed by atoms with E-state index in [2.05, 4.69) is 28.4 Å². The first-order chi connectivity index (χ1) is 8.78. The molecule has 0 bridgehead atoms. The first-order valence-electron chi connectivity index (χ1n) is 6.88. The second kappa shape index (κ2) is 6.71. The van der Waals surface area contributed by atoms with Crippen molar-refractivity contribution in [2.45, 2.75) is 38.6 Å². The third-order valence-corrected chi connectivity index (χ3v) is 3.72. The fourth-order valence-corrected chi connectivity index (χ4v) is 2.79. The van der Waals surface area contributed by atoms with E-state index < -0.39 is 0 Å². The first kappa shape index (κ1) is 13.3. The van der Waals surface area contributed by atoms with E-state index >= 15 is 0 Å². The van der Waals surface area contributed by atoms with Crippen LogP contribution in [0, 0.1) is 5.92 Å². The third-order valence-electron chi connectivity index (χ3n) is 3.72. The Morgan fingerprint density at radius 3 is 2.72 bits per heavy atom. The molecule has 3 N–H and O–H groups in total. The first-order valence-corrected chi connectivity index (χ1v) is 6.88. The molecule has 1 fully saturated rings. The molecule has 1 saturated carbocycles. The van der Waals surface area contributed by atoms with E-state index in [-0.39, 0.29) is 0 Å². The highest BCUT2D eigenvalue weighted by atomic mass is 15.2. The second-order valence-electron chi connectivity index (χ2n) is 5.40. The molecular formula is C14H24N4. The van der Waals surface area contributed by atoms with Gasteiger partial charge in [-0.2, -0.15) is 0 Å². The van der Waals surface area contributed by atoms with E-state index in [0.717, 1.165) is 12.5 Å². The highest BCUT2D eigenvalue weighted by Gasteiger charge is 2.15. The van der Waals surface area contributed by atoms with Crippen LogP contribution in [0.5, 0.6) is 0 Å². The maximum absolute atomic E-state index is 5.30. The Kier molecular flexibility index (Phi) is 4.96. The normalized spacial score (nSPS) is 17.1. The van der Waals surface area contributed by atoms with Crippen molar-refractivity contribution >= 4 is 5.82 Å². The van der Waals surface area contributed by atoms with Crippen LogP contribution in [-0.2, 0) is 6.54 Å². The second-order valence-corrected chi connectivity index (χ2v) is 5.40. The zero-order chi connectivity index (χ0) is 12.8. The van der Waals surface area contributed by atoms with Gasteiger partial charge >= 0.3 is 0 Å². The van der Waals surface area contributed by atoms with Gasteiger partial charge in [-0.1, -0.05) is 25.3 Å². The van der Waals surface area contributed by atoms with Gasteiger partial charge in [-0.05, 0) is 37.4 Å². The molecule has 1 heterocycles. The molecule has 0 spiro atoms. The fourth-order valence-electron chi connectivity index (χ4n) is 2.79. The summed E-state index contributed by atoms with van der Waals surface area (Å²) in [6.07, 6.45) is 8.95. The van der Waals surface area contributed by atoms with E-state index in [1.807, 2.05) is 12.3 Å². The topological polar surface area (TPSA) is 54.2 Å². The molecule has 2 rings (SSSR count). The Balaban J connectivity index is 1.80. The monoisotopic (exact) mass is 248 g/mol. The number of nitrogens with one attached hydrogen (secondary N) is 1. The predicted octanol–water partition coefficient (Wildman–Crippen LogP) is 2.38. The number of aromatic nitrogens is 1. The van der Waals surface area contributed by atoms with E-state index in [4.69, 9.17) is 5.84 Å². The molecule has 4 heteroatoms. The number of nitrogens with two attached hydrogens (primary N) is 1. The van der Waals surface area contributed by atoms with Crippen molar-refractivity contribution < 1.29 is 0 Å². The predicted molar refractivity (Wildman–Crippen MR) is 75.0 cm³/mol. The van der Waals surface area contributed by atoms with Gasteiger partial charge in [-0.15, -0.1) is 0 Å². The van der Waals surface area contributed by atoms with Gasteiger partial charge < -0.3 is 10.3 Å². The largest absolute Gasteiger partial charge is 0.308 e. The van der Waals surface area contributed by atoms with Crippen LogP contribution in [0.1, 0.15) is 37.7 Å². The molecule has 0 unspecified atom stereocenters. The smallest absolute Gasteiger partial charge is 0.139 e. The van der Waals surface area contributed by atoms with Crippen LogP contribution in [0.25, 0.3) is 0 Å². The number of pyridine rings is 1. The maximum atomic E-state index is 5.30. The SMILES string of the molecule is CN(Cc1ccc(NN)nc1)CC1CCCCC1. The van der Waals surface area contributed by atoms with Crippen LogP contribution in [0.3, 0.4) is 0 Å². The van der Waals surface area contributed by atoms with Crippen LogP contribution in [0.2, 0.25) is 0 Å². The summed E-state index contributed by atoms with van der Waals surface area (Å²) >= 11 is 0. The number of nitrogens with zero attached hydrogens (tertiary/aromatic N) is 2. The molecule has 1 aliphatic rings. The Labute approximate surface area is 110 Å².